The third-order valence-corrected chi connectivity index (χ3v) is 1.33. The summed E-state index contributed by atoms with van der Waals surface area (Å²) in [6.07, 6.45) is 2.03. The van der Waals surface area contributed by atoms with Gasteiger partial charge in [0.1, 0.15) is 0 Å². The van der Waals surface area contributed by atoms with Gasteiger partial charge in [-0.2, -0.15) is 0 Å². The number of hydrogen-bond donors (Lipinski definition) is 1. The van der Waals surface area contributed by atoms with E-state index in [4.69, 9.17) is 14.3 Å². The van der Waals surface area contributed by atoms with Crippen molar-refractivity contribution in [2.45, 2.75) is 33.6 Å². The smallest absolute Gasteiger partial charge is 0.402 e. The minimum absolute atomic E-state index is 0.425. The van der Waals surface area contributed by atoms with Crippen LogP contribution < -0.4 is 0 Å². The lowest BCUT2D eigenvalue weighted by atomic mass is 10.2. The minimum atomic E-state index is -1.04. The summed E-state index contributed by atoms with van der Waals surface area (Å²) in [5.74, 6) is 0.425. The minimum Gasteiger partial charge on any atom is -0.402 e. The molecule has 0 spiro atoms. The lowest BCUT2D eigenvalue weighted by Crippen LogP contribution is -2.25. The average molecular weight is 174 g/mol. The highest BCUT2D eigenvalue weighted by molar-refractivity contribution is 6.34. The van der Waals surface area contributed by atoms with Crippen LogP contribution in [0.1, 0.15) is 33.6 Å². The summed E-state index contributed by atoms with van der Waals surface area (Å²) in [6.45, 7) is 7.23. The first-order chi connectivity index (χ1) is 5.66. The van der Waals surface area contributed by atoms with Crippen molar-refractivity contribution < 1.29 is 14.3 Å². The molecule has 0 amide bonds. The molecule has 0 aromatic carbocycles. The monoisotopic (exact) mass is 174 g/mol. The van der Waals surface area contributed by atoms with Crippen LogP contribution in [0.15, 0.2) is 0 Å². The molecular weight excluding hydrogens is 155 g/mol. The molecule has 1 N–H and O–H groups in total. The van der Waals surface area contributed by atoms with Crippen molar-refractivity contribution >= 4 is 7.32 Å². The molecule has 0 saturated carbocycles. The maximum absolute atomic E-state index is 9.08. The molecule has 4 heteroatoms. The zero-order valence-corrected chi connectivity index (χ0v) is 8.25. The molecule has 0 unspecified atom stereocenters. The molecule has 0 aromatic heterocycles. The van der Waals surface area contributed by atoms with Crippen LogP contribution in [0.2, 0.25) is 0 Å². The molecule has 0 bridgehead atoms. The Morgan fingerprint density at radius 3 is 2.50 bits per heavy atom. The first-order valence-electron chi connectivity index (χ1n) is 4.58. The van der Waals surface area contributed by atoms with E-state index in [-0.39, 0.29) is 0 Å². The standard InChI is InChI=1S/C8H19BO3/c1-4-5-6-11-9(10)12-7-8(2)3/h8,10H,4-7H2,1-3H3. The molecule has 0 aromatic rings. The largest absolute Gasteiger partial charge is 0.636 e. The SMILES string of the molecule is CCCCOB(O)OCC(C)C. The Bertz CT molecular complexity index is 98.3. The highest BCUT2D eigenvalue weighted by Gasteiger charge is 2.14. The topological polar surface area (TPSA) is 38.7 Å². The van der Waals surface area contributed by atoms with Crippen LogP contribution in [-0.4, -0.2) is 25.6 Å². The fraction of sp³-hybridized carbons (Fsp3) is 1.00. The fourth-order valence-electron chi connectivity index (χ4n) is 0.651. The Morgan fingerprint density at radius 2 is 2.00 bits per heavy atom. The van der Waals surface area contributed by atoms with Crippen LogP contribution in [0.25, 0.3) is 0 Å². The molecule has 0 aliphatic rings. The first kappa shape index (κ1) is 11.9. The summed E-state index contributed by atoms with van der Waals surface area (Å²) < 4.78 is 9.95. The van der Waals surface area contributed by atoms with E-state index in [2.05, 4.69) is 6.92 Å². The summed E-state index contributed by atoms with van der Waals surface area (Å²) in [5.41, 5.74) is 0. The summed E-state index contributed by atoms with van der Waals surface area (Å²) in [7, 11) is -1.04. The van der Waals surface area contributed by atoms with E-state index in [0.29, 0.717) is 19.1 Å². The summed E-state index contributed by atoms with van der Waals surface area (Å²) in [4.78, 5) is 0. The van der Waals surface area contributed by atoms with E-state index in [0.717, 1.165) is 12.8 Å². The van der Waals surface area contributed by atoms with Crippen LogP contribution in [0.4, 0.5) is 0 Å². The van der Waals surface area contributed by atoms with Gasteiger partial charge in [0.15, 0.2) is 0 Å². The number of rotatable bonds is 7. The molecule has 0 fully saturated rings. The highest BCUT2D eigenvalue weighted by Crippen LogP contribution is 1.96. The molecule has 0 saturated heterocycles. The van der Waals surface area contributed by atoms with Gasteiger partial charge >= 0.3 is 7.32 Å². The van der Waals surface area contributed by atoms with Gasteiger partial charge in [-0.25, -0.2) is 0 Å². The molecular formula is C8H19BO3. The second-order valence-corrected chi connectivity index (χ2v) is 3.26. The number of unbranched alkanes of at least 4 members (excludes halogenated alkanes) is 1. The maximum Gasteiger partial charge on any atom is 0.636 e. The van der Waals surface area contributed by atoms with Crippen LogP contribution in [0, 0.1) is 5.92 Å². The second-order valence-electron chi connectivity index (χ2n) is 3.26. The highest BCUT2D eigenvalue weighted by atomic mass is 16.7. The van der Waals surface area contributed by atoms with Crippen molar-refractivity contribution in [2.75, 3.05) is 13.2 Å². The van der Waals surface area contributed by atoms with Crippen LogP contribution >= 0.6 is 0 Å². The van der Waals surface area contributed by atoms with Crippen LogP contribution in [-0.2, 0) is 9.31 Å². The maximum atomic E-state index is 9.08. The Hall–Kier alpha value is -0.0551. The van der Waals surface area contributed by atoms with Crippen LogP contribution in [0.3, 0.4) is 0 Å². The van der Waals surface area contributed by atoms with Gasteiger partial charge in [0.25, 0.3) is 0 Å². The van der Waals surface area contributed by atoms with E-state index in [1.807, 2.05) is 13.8 Å². The molecule has 72 valence electrons. The van der Waals surface area contributed by atoms with Gasteiger partial charge in [-0.05, 0) is 12.3 Å². The van der Waals surface area contributed by atoms with Gasteiger partial charge < -0.3 is 14.3 Å². The molecule has 3 nitrogen and oxygen atoms in total. The molecule has 0 rings (SSSR count). The van der Waals surface area contributed by atoms with Crippen molar-refractivity contribution in [3.63, 3.8) is 0 Å². The molecule has 0 atom stereocenters. The molecule has 0 aliphatic heterocycles. The van der Waals surface area contributed by atoms with E-state index >= 15 is 0 Å². The predicted octanol–water partition coefficient (Wildman–Crippen LogP) is 1.45. The zero-order valence-electron chi connectivity index (χ0n) is 8.25. The molecule has 0 aliphatic carbocycles. The van der Waals surface area contributed by atoms with Gasteiger partial charge in [0, 0.05) is 13.2 Å². The summed E-state index contributed by atoms with van der Waals surface area (Å²) >= 11 is 0. The van der Waals surface area contributed by atoms with E-state index in [1.54, 1.807) is 0 Å². The average Bonchev–Trinajstić information content (AvgIpc) is 2.01. The van der Waals surface area contributed by atoms with Gasteiger partial charge in [-0.15, -0.1) is 0 Å². The molecule has 12 heavy (non-hydrogen) atoms. The van der Waals surface area contributed by atoms with Crippen molar-refractivity contribution in [3.8, 4) is 0 Å². The van der Waals surface area contributed by atoms with Gasteiger partial charge in [-0.1, -0.05) is 27.2 Å². The van der Waals surface area contributed by atoms with Gasteiger partial charge in [0.2, 0.25) is 0 Å². The van der Waals surface area contributed by atoms with E-state index < -0.39 is 7.32 Å². The summed E-state index contributed by atoms with van der Waals surface area (Å²) in [5, 5.41) is 9.08. The quantitative estimate of drug-likeness (QED) is 0.469. The fourth-order valence-corrected chi connectivity index (χ4v) is 0.651. The Morgan fingerprint density at radius 1 is 1.33 bits per heavy atom. The van der Waals surface area contributed by atoms with Crippen molar-refractivity contribution in [1.29, 1.82) is 0 Å². The Balaban J connectivity index is 3.15. The van der Waals surface area contributed by atoms with E-state index in [9.17, 15) is 0 Å². The second kappa shape index (κ2) is 7.59. The lowest BCUT2D eigenvalue weighted by molar-refractivity contribution is 0.119. The zero-order chi connectivity index (χ0) is 9.40. The van der Waals surface area contributed by atoms with E-state index in [1.165, 1.54) is 0 Å². The number of hydrogen-bond acceptors (Lipinski definition) is 3. The summed E-state index contributed by atoms with van der Waals surface area (Å²) in [6, 6.07) is 0. The van der Waals surface area contributed by atoms with Gasteiger partial charge in [0.05, 0.1) is 0 Å². The first-order valence-corrected chi connectivity index (χ1v) is 4.58. The third-order valence-electron chi connectivity index (χ3n) is 1.33. The Labute approximate surface area is 75.2 Å². The van der Waals surface area contributed by atoms with Crippen LogP contribution in [0.5, 0.6) is 0 Å². The molecule has 0 radical (unpaired) electrons. The van der Waals surface area contributed by atoms with Crippen molar-refractivity contribution in [1.82, 2.24) is 0 Å². The lowest BCUT2D eigenvalue weighted by Gasteiger charge is -2.09. The van der Waals surface area contributed by atoms with Crippen molar-refractivity contribution in [2.24, 2.45) is 5.92 Å². The predicted molar refractivity (Wildman–Crippen MR) is 49.6 cm³/mol. The van der Waals surface area contributed by atoms with Gasteiger partial charge in [-0.3, -0.25) is 0 Å². The normalized spacial score (nSPS) is 10.8. The van der Waals surface area contributed by atoms with Crippen molar-refractivity contribution in [3.05, 3.63) is 0 Å². The molecule has 0 heterocycles. The third kappa shape index (κ3) is 8.05. The Kier molecular flexibility index (Phi) is 7.55.